The lowest BCUT2D eigenvalue weighted by atomic mass is 10.1. The maximum atomic E-state index is 12.5. The van der Waals surface area contributed by atoms with E-state index in [9.17, 15) is 14.4 Å². The molecule has 0 spiro atoms. The van der Waals surface area contributed by atoms with Crippen molar-refractivity contribution >= 4 is 52.3 Å². The third-order valence-electron chi connectivity index (χ3n) is 5.38. The number of benzene rings is 1. The minimum atomic E-state index is -0.459. The minimum Gasteiger partial charge on any atom is -0.442 e. The summed E-state index contributed by atoms with van der Waals surface area (Å²) < 4.78 is 5.96. The summed E-state index contributed by atoms with van der Waals surface area (Å²) in [5.41, 5.74) is 2.44. The lowest BCUT2D eigenvalue weighted by Gasteiger charge is -2.34. The first-order valence-electron chi connectivity index (χ1n) is 9.98. The van der Waals surface area contributed by atoms with E-state index in [-0.39, 0.29) is 18.5 Å². The summed E-state index contributed by atoms with van der Waals surface area (Å²) in [4.78, 5) is 42.6. The monoisotopic (exact) mass is 462 g/mol. The Labute approximate surface area is 189 Å². The van der Waals surface area contributed by atoms with Crippen LogP contribution >= 0.6 is 22.9 Å². The van der Waals surface area contributed by atoms with Gasteiger partial charge < -0.3 is 15.0 Å². The van der Waals surface area contributed by atoms with Gasteiger partial charge in [-0.3, -0.25) is 14.6 Å². The van der Waals surface area contributed by atoms with E-state index in [4.69, 9.17) is 16.3 Å². The molecule has 1 N–H and O–H groups in total. The van der Waals surface area contributed by atoms with Gasteiger partial charge >= 0.3 is 12.1 Å². The Morgan fingerprint density at radius 2 is 2.03 bits per heavy atom. The molecule has 2 aliphatic heterocycles. The number of cyclic esters (lactones) is 1. The molecule has 2 saturated heterocycles. The van der Waals surface area contributed by atoms with Crippen molar-refractivity contribution in [1.82, 2.24) is 10.2 Å². The van der Waals surface area contributed by atoms with Crippen LogP contribution in [0.3, 0.4) is 0 Å². The van der Waals surface area contributed by atoms with Gasteiger partial charge in [-0.2, -0.15) is 0 Å². The van der Waals surface area contributed by atoms with Crippen LogP contribution in [-0.4, -0.2) is 62.3 Å². The van der Waals surface area contributed by atoms with Gasteiger partial charge in [0.15, 0.2) is 0 Å². The van der Waals surface area contributed by atoms with Crippen LogP contribution in [0.2, 0.25) is 4.34 Å². The molecule has 8 nitrogen and oxygen atoms in total. The molecule has 4 rings (SSSR count). The number of halogens is 1. The van der Waals surface area contributed by atoms with Crippen LogP contribution in [0.15, 0.2) is 30.3 Å². The van der Waals surface area contributed by atoms with E-state index in [1.807, 2.05) is 25.1 Å². The van der Waals surface area contributed by atoms with Crippen molar-refractivity contribution in [3.05, 3.63) is 45.1 Å². The number of nitrogens with one attached hydrogen (secondary N) is 1. The minimum absolute atomic E-state index is 0.0227. The summed E-state index contributed by atoms with van der Waals surface area (Å²) >= 11 is 7.06. The van der Waals surface area contributed by atoms with Gasteiger partial charge in [-0.1, -0.05) is 11.6 Å². The summed E-state index contributed by atoms with van der Waals surface area (Å²) in [7, 11) is 1.80. The van der Waals surface area contributed by atoms with E-state index in [1.54, 1.807) is 33.9 Å². The quantitative estimate of drug-likeness (QED) is 0.734. The SMILES string of the molecule is Cc1cc(N2C[C@H](CNC(=O)c3ccc(Cl)s3)OC2=O)ccc1N1CCCN(C)C1=O. The Bertz CT molecular complexity index is 1030. The third-order valence-corrected chi connectivity index (χ3v) is 6.61. The molecule has 0 bridgehead atoms. The number of carbonyl (C=O) groups excluding carboxylic acids is 3. The van der Waals surface area contributed by atoms with Gasteiger partial charge in [0, 0.05) is 31.5 Å². The smallest absolute Gasteiger partial charge is 0.414 e. The molecule has 2 aromatic rings. The Hall–Kier alpha value is -2.78. The van der Waals surface area contributed by atoms with Crippen LogP contribution in [-0.2, 0) is 4.74 Å². The van der Waals surface area contributed by atoms with Gasteiger partial charge in [-0.05, 0) is 49.2 Å². The van der Waals surface area contributed by atoms with E-state index in [1.165, 1.54) is 11.3 Å². The Morgan fingerprint density at radius 1 is 1.23 bits per heavy atom. The average molecular weight is 463 g/mol. The topological polar surface area (TPSA) is 82.2 Å². The largest absolute Gasteiger partial charge is 0.442 e. The first kappa shape index (κ1) is 21.5. The third kappa shape index (κ3) is 4.47. The van der Waals surface area contributed by atoms with Crippen molar-refractivity contribution in [1.29, 1.82) is 0 Å². The molecule has 164 valence electrons. The number of thiophene rings is 1. The number of carbonyl (C=O) groups is 3. The number of amides is 4. The molecule has 1 atom stereocenters. The molecule has 10 heteroatoms. The molecular formula is C21H23ClN4O4S. The van der Waals surface area contributed by atoms with Crippen LogP contribution in [0.1, 0.15) is 21.7 Å². The molecule has 4 amide bonds. The number of hydrogen-bond acceptors (Lipinski definition) is 5. The standard InChI is InChI=1S/C21H23ClN4O4S/c1-13-10-14(4-5-16(13)25-9-3-8-24(2)20(25)28)26-12-15(30-21(26)29)11-23-19(27)17-6-7-18(22)31-17/h4-7,10,15H,3,8-9,11-12H2,1-2H3,(H,23,27)/t15-/m0/s1. The second kappa shape index (κ2) is 8.76. The summed E-state index contributed by atoms with van der Waals surface area (Å²) in [5, 5.41) is 2.78. The summed E-state index contributed by atoms with van der Waals surface area (Å²) in [6, 6.07) is 8.87. The summed E-state index contributed by atoms with van der Waals surface area (Å²) in [6.45, 7) is 3.89. The molecule has 0 unspecified atom stereocenters. The fourth-order valence-corrected chi connectivity index (χ4v) is 4.73. The van der Waals surface area contributed by atoms with Crippen LogP contribution in [0.4, 0.5) is 21.0 Å². The average Bonchev–Trinajstić information content (AvgIpc) is 3.34. The fraction of sp³-hybridized carbons (Fsp3) is 0.381. The predicted octanol–water partition coefficient (Wildman–Crippen LogP) is 3.73. The molecule has 0 aliphatic carbocycles. The van der Waals surface area contributed by atoms with E-state index in [0.29, 0.717) is 28.0 Å². The van der Waals surface area contributed by atoms with Crippen molar-refractivity contribution in [3.8, 4) is 0 Å². The molecule has 0 radical (unpaired) electrons. The highest BCUT2D eigenvalue weighted by atomic mass is 35.5. The maximum Gasteiger partial charge on any atom is 0.414 e. The number of ether oxygens (including phenoxy) is 1. The van der Waals surface area contributed by atoms with Crippen molar-refractivity contribution in [3.63, 3.8) is 0 Å². The number of anilines is 2. The number of nitrogens with zero attached hydrogens (tertiary/aromatic N) is 3. The van der Waals surface area contributed by atoms with E-state index in [2.05, 4.69) is 5.32 Å². The van der Waals surface area contributed by atoms with E-state index < -0.39 is 12.2 Å². The molecular weight excluding hydrogens is 440 g/mol. The highest BCUT2D eigenvalue weighted by Crippen LogP contribution is 2.30. The highest BCUT2D eigenvalue weighted by molar-refractivity contribution is 7.18. The number of urea groups is 1. The second-order valence-corrected chi connectivity index (χ2v) is 9.33. The van der Waals surface area contributed by atoms with Gasteiger partial charge in [0.1, 0.15) is 6.10 Å². The fourth-order valence-electron chi connectivity index (χ4n) is 3.77. The lowest BCUT2D eigenvalue weighted by molar-refractivity contribution is 0.0920. The van der Waals surface area contributed by atoms with Gasteiger partial charge in [-0.25, -0.2) is 9.59 Å². The Balaban J connectivity index is 1.40. The van der Waals surface area contributed by atoms with Crippen molar-refractivity contribution in [2.24, 2.45) is 0 Å². The zero-order valence-electron chi connectivity index (χ0n) is 17.3. The van der Waals surface area contributed by atoms with Crippen LogP contribution in [0, 0.1) is 6.92 Å². The lowest BCUT2D eigenvalue weighted by Crippen LogP contribution is -2.47. The summed E-state index contributed by atoms with van der Waals surface area (Å²) in [6.07, 6.45) is -0.00371. The van der Waals surface area contributed by atoms with Crippen molar-refractivity contribution in [2.75, 3.05) is 43.0 Å². The molecule has 2 fully saturated rings. The maximum absolute atomic E-state index is 12.5. The van der Waals surface area contributed by atoms with Crippen molar-refractivity contribution in [2.45, 2.75) is 19.4 Å². The van der Waals surface area contributed by atoms with Crippen LogP contribution in [0.25, 0.3) is 0 Å². The first-order valence-corrected chi connectivity index (χ1v) is 11.2. The van der Waals surface area contributed by atoms with Gasteiger partial charge in [0.2, 0.25) is 0 Å². The predicted molar refractivity (Wildman–Crippen MR) is 120 cm³/mol. The molecule has 0 saturated carbocycles. The zero-order chi connectivity index (χ0) is 22.1. The second-order valence-electron chi connectivity index (χ2n) is 7.61. The zero-order valence-corrected chi connectivity index (χ0v) is 18.8. The van der Waals surface area contributed by atoms with Crippen molar-refractivity contribution < 1.29 is 19.1 Å². The Morgan fingerprint density at radius 3 is 2.74 bits per heavy atom. The molecule has 1 aromatic heterocycles. The normalized spacial score (nSPS) is 19.1. The number of aryl methyl sites for hydroxylation is 1. The molecule has 31 heavy (non-hydrogen) atoms. The van der Waals surface area contributed by atoms with Crippen LogP contribution in [0.5, 0.6) is 0 Å². The first-order chi connectivity index (χ1) is 14.8. The molecule has 1 aromatic carbocycles. The Kier molecular flexibility index (Phi) is 6.06. The molecule has 3 heterocycles. The number of hydrogen-bond donors (Lipinski definition) is 1. The number of rotatable bonds is 5. The van der Waals surface area contributed by atoms with E-state index >= 15 is 0 Å². The summed E-state index contributed by atoms with van der Waals surface area (Å²) in [5.74, 6) is -0.247. The van der Waals surface area contributed by atoms with Crippen LogP contribution < -0.4 is 15.1 Å². The van der Waals surface area contributed by atoms with Gasteiger partial charge in [-0.15, -0.1) is 11.3 Å². The van der Waals surface area contributed by atoms with Gasteiger partial charge in [0.05, 0.1) is 22.3 Å². The van der Waals surface area contributed by atoms with Gasteiger partial charge in [0.25, 0.3) is 5.91 Å². The van der Waals surface area contributed by atoms with E-state index in [0.717, 1.165) is 24.2 Å². The highest BCUT2D eigenvalue weighted by Gasteiger charge is 2.33. The molecule has 2 aliphatic rings.